The Morgan fingerprint density at radius 2 is 1.70 bits per heavy atom. The number of carbonyl (C=O) groups is 2. The van der Waals surface area contributed by atoms with Crippen LogP contribution in [0.15, 0.2) is 0 Å². The maximum absolute atomic E-state index is 10.8. The molecule has 0 saturated carbocycles. The van der Waals surface area contributed by atoms with E-state index in [9.17, 15) is 9.59 Å². The average Bonchev–Trinajstić information content (AvgIpc) is 1.60. The van der Waals surface area contributed by atoms with Crippen molar-refractivity contribution in [3.8, 4) is 0 Å². The predicted molar refractivity (Wildman–Crippen MR) is 35.6 cm³/mol. The summed E-state index contributed by atoms with van der Waals surface area (Å²) in [5, 5.41) is 9.88. The minimum atomic E-state index is -1.31. The van der Waals surface area contributed by atoms with Gasteiger partial charge in [0, 0.05) is 5.41 Å². The molecule has 0 aromatic carbocycles. The van der Waals surface area contributed by atoms with Crippen LogP contribution in [0.5, 0.6) is 0 Å². The molecule has 4 nitrogen and oxygen atoms in total. The van der Waals surface area contributed by atoms with Gasteiger partial charge in [0.15, 0.2) is 0 Å². The van der Waals surface area contributed by atoms with E-state index in [1.54, 1.807) is 26.1 Å². The van der Waals surface area contributed by atoms with Crippen molar-refractivity contribution in [3.63, 3.8) is 0 Å². The summed E-state index contributed by atoms with van der Waals surface area (Å²) in [6.45, 7) is 4.93. The number of nitrogens with one attached hydrogen (secondary N) is 1. The molecule has 58 valence electrons. The largest absolute Gasteiger partial charge is 0.465 e. The zero-order valence-corrected chi connectivity index (χ0v) is 6.26. The molecule has 2 N–H and O–H groups in total. The third-order valence-corrected chi connectivity index (χ3v) is 0.902. The van der Waals surface area contributed by atoms with Gasteiger partial charge in [-0.15, -0.1) is 0 Å². The lowest BCUT2D eigenvalue weighted by Crippen LogP contribution is -2.37. The van der Waals surface area contributed by atoms with Gasteiger partial charge in [-0.3, -0.25) is 10.1 Å². The fourth-order valence-electron chi connectivity index (χ4n) is 0.285. The van der Waals surface area contributed by atoms with Gasteiger partial charge in [-0.25, -0.2) is 4.79 Å². The van der Waals surface area contributed by atoms with Crippen molar-refractivity contribution >= 4 is 12.0 Å². The number of imide groups is 1. The number of hydrogen-bond acceptors (Lipinski definition) is 2. The van der Waals surface area contributed by atoms with Gasteiger partial charge in [-0.05, 0) is 0 Å². The molecular weight excluding hydrogens is 134 g/mol. The first kappa shape index (κ1) is 8.94. The third kappa shape index (κ3) is 3.06. The summed E-state index contributed by atoms with van der Waals surface area (Å²) in [4.78, 5) is 20.7. The molecule has 0 fully saturated rings. The fraction of sp³-hybridized carbons (Fsp3) is 0.667. The monoisotopic (exact) mass is 145 g/mol. The van der Waals surface area contributed by atoms with Gasteiger partial charge in [-0.2, -0.15) is 0 Å². The van der Waals surface area contributed by atoms with E-state index in [-0.39, 0.29) is 0 Å². The van der Waals surface area contributed by atoms with Gasteiger partial charge in [0.05, 0.1) is 0 Å². The van der Waals surface area contributed by atoms with E-state index in [1.807, 2.05) is 0 Å². The Morgan fingerprint density at radius 1 is 1.30 bits per heavy atom. The normalized spacial score (nSPS) is 10.7. The van der Waals surface area contributed by atoms with Crippen molar-refractivity contribution in [1.29, 1.82) is 0 Å². The van der Waals surface area contributed by atoms with Gasteiger partial charge in [0.2, 0.25) is 5.91 Å². The van der Waals surface area contributed by atoms with Crippen LogP contribution in [0.25, 0.3) is 0 Å². The van der Waals surface area contributed by atoms with Crippen molar-refractivity contribution < 1.29 is 14.7 Å². The molecule has 2 amide bonds. The van der Waals surface area contributed by atoms with Crippen LogP contribution in [-0.2, 0) is 4.79 Å². The van der Waals surface area contributed by atoms with E-state index in [0.29, 0.717) is 0 Å². The van der Waals surface area contributed by atoms with Crippen LogP contribution in [0.4, 0.5) is 4.79 Å². The standard InChI is InChI=1S/C6H11NO3/c1-6(2,3)4(8)7-5(9)10/h1-3H3,(H,7,8)(H,9,10). The zero-order chi connectivity index (χ0) is 8.36. The van der Waals surface area contributed by atoms with Crippen LogP contribution in [0.3, 0.4) is 0 Å². The molecular formula is C6H11NO3. The Morgan fingerprint density at radius 3 is 1.80 bits per heavy atom. The highest BCUT2D eigenvalue weighted by atomic mass is 16.4. The smallest absolute Gasteiger partial charge is 0.411 e. The molecule has 0 aliphatic heterocycles. The van der Waals surface area contributed by atoms with Gasteiger partial charge in [0.1, 0.15) is 0 Å². The highest BCUT2D eigenvalue weighted by Crippen LogP contribution is 2.11. The minimum absolute atomic E-state index is 0.486. The van der Waals surface area contributed by atoms with E-state index in [4.69, 9.17) is 5.11 Å². The summed E-state index contributed by atoms with van der Waals surface area (Å²) in [5.74, 6) is -0.486. The second kappa shape index (κ2) is 2.68. The van der Waals surface area contributed by atoms with E-state index in [0.717, 1.165) is 0 Å². The molecule has 0 heterocycles. The van der Waals surface area contributed by atoms with Crippen molar-refractivity contribution in [3.05, 3.63) is 0 Å². The fourth-order valence-corrected chi connectivity index (χ4v) is 0.285. The maximum atomic E-state index is 10.8. The molecule has 0 aromatic heterocycles. The molecule has 0 spiro atoms. The number of hydrogen-bond donors (Lipinski definition) is 2. The lowest BCUT2D eigenvalue weighted by atomic mass is 9.96. The molecule has 0 aliphatic rings. The summed E-state index contributed by atoms with van der Waals surface area (Å²) in [6.07, 6.45) is -1.31. The molecule has 0 unspecified atom stereocenters. The molecule has 0 aliphatic carbocycles. The summed E-state index contributed by atoms with van der Waals surface area (Å²) in [7, 11) is 0. The SMILES string of the molecule is CC(C)(C)C(=O)NC(=O)O. The van der Waals surface area contributed by atoms with E-state index in [2.05, 4.69) is 0 Å². The van der Waals surface area contributed by atoms with Crippen molar-refractivity contribution in [2.24, 2.45) is 5.41 Å². The second-order valence-corrected chi connectivity index (χ2v) is 3.01. The minimum Gasteiger partial charge on any atom is -0.465 e. The van der Waals surface area contributed by atoms with Crippen LogP contribution in [0.1, 0.15) is 20.8 Å². The highest BCUT2D eigenvalue weighted by Gasteiger charge is 2.22. The molecule has 0 saturated heterocycles. The molecule has 0 atom stereocenters. The number of amides is 2. The first-order chi connectivity index (χ1) is 4.34. The van der Waals surface area contributed by atoms with Crippen LogP contribution in [0, 0.1) is 5.41 Å². The van der Waals surface area contributed by atoms with Crippen LogP contribution in [-0.4, -0.2) is 17.1 Å². The van der Waals surface area contributed by atoms with Crippen molar-refractivity contribution in [2.75, 3.05) is 0 Å². The maximum Gasteiger partial charge on any atom is 0.411 e. The first-order valence-corrected chi connectivity index (χ1v) is 2.88. The quantitative estimate of drug-likeness (QED) is 0.530. The number of rotatable bonds is 0. The van der Waals surface area contributed by atoms with Gasteiger partial charge >= 0.3 is 6.09 Å². The average molecular weight is 145 g/mol. The molecule has 4 heteroatoms. The van der Waals surface area contributed by atoms with E-state index in [1.165, 1.54) is 0 Å². The van der Waals surface area contributed by atoms with Gasteiger partial charge < -0.3 is 5.11 Å². The molecule has 0 radical (unpaired) electrons. The molecule has 0 aromatic rings. The third-order valence-electron chi connectivity index (χ3n) is 0.902. The lowest BCUT2D eigenvalue weighted by Gasteiger charge is -2.14. The topological polar surface area (TPSA) is 66.4 Å². The lowest BCUT2D eigenvalue weighted by molar-refractivity contribution is -0.127. The second-order valence-electron chi connectivity index (χ2n) is 3.01. The predicted octanol–water partition coefficient (Wildman–Crippen LogP) is 0.827. The van der Waals surface area contributed by atoms with E-state index >= 15 is 0 Å². The number of carboxylic acid groups (broad SMARTS) is 1. The van der Waals surface area contributed by atoms with Crippen molar-refractivity contribution in [1.82, 2.24) is 5.32 Å². The van der Waals surface area contributed by atoms with E-state index < -0.39 is 17.4 Å². The first-order valence-electron chi connectivity index (χ1n) is 2.88. The summed E-state index contributed by atoms with van der Waals surface area (Å²) < 4.78 is 0. The van der Waals surface area contributed by atoms with Gasteiger partial charge in [-0.1, -0.05) is 20.8 Å². The molecule has 0 bridgehead atoms. The highest BCUT2D eigenvalue weighted by molar-refractivity contribution is 5.93. The van der Waals surface area contributed by atoms with Crippen LogP contribution >= 0.6 is 0 Å². The Hall–Kier alpha value is -1.06. The van der Waals surface area contributed by atoms with Crippen molar-refractivity contribution in [2.45, 2.75) is 20.8 Å². The Kier molecular flexibility index (Phi) is 2.40. The Labute approximate surface area is 59.2 Å². The zero-order valence-electron chi connectivity index (χ0n) is 6.26. The summed E-state index contributed by atoms with van der Waals surface area (Å²) in [6, 6.07) is 0. The molecule has 10 heavy (non-hydrogen) atoms. The summed E-state index contributed by atoms with van der Waals surface area (Å²) in [5.41, 5.74) is -0.640. The Balaban J connectivity index is 3.99. The number of carbonyl (C=O) groups excluding carboxylic acids is 1. The Bertz CT molecular complexity index is 157. The van der Waals surface area contributed by atoms with Crippen LogP contribution in [0.2, 0.25) is 0 Å². The van der Waals surface area contributed by atoms with Crippen LogP contribution < -0.4 is 5.32 Å². The van der Waals surface area contributed by atoms with Gasteiger partial charge in [0.25, 0.3) is 0 Å². The molecule has 0 rings (SSSR count). The summed E-state index contributed by atoms with van der Waals surface area (Å²) >= 11 is 0.